The molecule has 0 saturated heterocycles. The van der Waals surface area contributed by atoms with Crippen molar-refractivity contribution in [2.24, 2.45) is 5.92 Å². The lowest BCUT2D eigenvalue weighted by molar-refractivity contribution is -0.121. The second kappa shape index (κ2) is 6.72. The van der Waals surface area contributed by atoms with Gasteiger partial charge in [-0.2, -0.15) is 0 Å². The van der Waals surface area contributed by atoms with E-state index in [1.807, 2.05) is 0 Å². The first-order chi connectivity index (χ1) is 10.6. The van der Waals surface area contributed by atoms with Crippen molar-refractivity contribution in [3.05, 3.63) is 29.8 Å². The van der Waals surface area contributed by atoms with Gasteiger partial charge in [-0.25, -0.2) is 0 Å². The third-order valence-corrected chi connectivity index (χ3v) is 5.44. The van der Waals surface area contributed by atoms with Gasteiger partial charge in [0.1, 0.15) is 0 Å². The molecule has 1 saturated carbocycles. The van der Waals surface area contributed by atoms with Gasteiger partial charge in [0.25, 0.3) is 0 Å². The maximum atomic E-state index is 12.5. The maximum Gasteiger partial charge on any atom is 0.239 e. The fraction of sp³-hybridized carbons (Fsp3) is 0.632. The highest BCUT2D eigenvalue weighted by molar-refractivity contribution is 5.82. The third-order valence-electron chi connectivity index (χ3n) is 5.44. The lowest BCUT2D eigenvalue weighted by Crippen LogP contribution is -2.48. The summed E-state index contributed by atoms with van der Waals surface area (Å²) in [5, 5.41) is 3.29. The number of aryl methyl sites for hydroxylation is 1. The molecule has 3 heteroatoms. The van der Waals surface area contributed by atoms with Gasteiger partial charge < -0.3 is 10.2 Å². The topological polar surface area (TPSA) is 32.3 Å². The molecule has 3 atom stereocenters. The summed E-state index contributed by atoms with van der Waals surface area (Å²) in [4.78, 5) is 14.8. The highest BCUT2D eigenvalue weighted by Crippen LogP contribution is 2.30. The van der Waals surface area contributed by atoms with Crippen molar-refractivity contribution >= 4 is 11.6 Å². The second-order valence-electron chi connectivity index (χ2n) is 7.08. The minimum absolute atomic E-state index is 0.183. The number of fused-ring (bicyclic) bond motifs is 1. The van der Waals surface area contributed by atoms with Crippen LogP contribution >= 0.6 is 0 Å². The van der Waals surface area contributed by atoms with Crippen LogP contribution in [0.15, 0.2) is 24.3 Å². The molecule has 22 heavy (non-hydrogen) atoms. The standard InChI is InChI=1S/C19H28N2O/c1-14-7-3-5-9-17(14)20-19(22)13-21-15(2)11-12-16-8-4-6-10-18(16)21/h4,6,8,10,14-15,17H,3,5,7,9,11-13H2,1-2H3,(H,20,22)/t14-,15-,17+/m0/s1. The SMILES string of the molecule is C[C@H]1CCCC[C@H]1NC(=O)CN1c2ccccc2CC[C@@H]1C. The minimum Gasteiger partial charge on any atom is -0.359 e. The van der Waals surface area contributed by atoms with Crippen LogP contribution in [0, 0.1) is 5.92 Å². The molecule has 1 amide bonds. The number of amides is 1. The fourth-order valence-corrected chi connectivity index (χ4v) is 3.94. The van der Waals surface area contributed by atoms with Gasteiger partial charge in [0.15, 0.2) is 0 Å². The molecule has 1 aromatic carbocycles. The number of carbonyl (C=O) groups is 1. The first-order valence-electron chi connectivity index (χ1n) is 8.79. The highest BCUT2D eigenvalue weighted by atomic mass is 16.2. The Morgan fingerprint density at radius 1 is 1.18 bits per heavy atom. The van der Waals surface area contributed by atoms with Crippen LogP contribution < -0.4 is 10.2 Å². The van der Waals surface area contributed by atoms with E-state index in [-0.39, 0.29) is 5.91 Å². The molecule has 0 radical (unpaired) electrons. The Morgan fingerprint density at radius 2 is 1.95 bits per heavy atom. The van der Waals surface area contributed by atoms with Gasteiger partial charge in [-0.05, 0) is 50.2 Å². The van der Waals surface area contributed by atoms with E-state index in [1.54, 1.807) is 0 Å². The van der Waals surface area contributed by atoms with Crippen molar-refractivity contribution in [2.75, 3.05) is 11.4 Å². The summed E-state index contributed by atoms with van der Waals surface area (Å²) in [6, 6.07) is 9.32. The zero-order valence-corrected chi connectivity index (χ0v) is 13.8. The number of para-hydroxylation sites is 1. The van der Waals surface area contributed by atoms with E-state index in [2.05, 4.69) is 48.3 Å². The Morgan fingerprint density at radius 3 is 2.77 bits per heavy atom. The minimum atomic E-state index is 0.183. The highest BCUT2D eigenvalue weighted by Gasteiger charge is 2.27. The smallest absolute Gasteiger partial charge is 0.239 e. The number of carbonyl (C=O) groups excluding carboxylic acids is 1. The molecular weight excluding hydrogens is 272 g/mol. The number of nitrogens with zero attached hydrogens (tertiary/aromatic N) is 1. The van der Waals surface area contributed by atoms with E-state index >= 15 is 0 Å². The predicted octanol–water partition coefficient (Wildman–Crippen LogP) is 3.52. The van der Waals surface area contributed by atoms with E-state index in [1.165, 1.54) is 30.5 Å². The normalized spacial score (nSPS) is 28.1. The van der Waals surface area contributed by atoms with Crippen LogP contribution in [0.5, 0.6) is 0 Å². The zero-order chi connectivity index (χ0) is 15.5. The summed E-state index contributed by atoms with van der Waals surface area (Å²) in [5.41, 5.74) is 2.62. The van der Waals surface area contributed by atoms with Crippen LogP contribution in [0.4, 0.5) is 5.69 Å². The van der Waals surface area contributed by atoms with Crippen LogP contribution in [0.1, 0.15) is 51.5 Å². The second-order valence-corrected chi connectivity index (χ2v) is 7.08. The number of benzene rings is 1. The van der Waals surface area contributed by atoms with Crippen molar-refractivity contribution in [2.45, 2.75) is 64.5 Å². The summed E-state index contributed by atoms with van der Waals surface area (Å²) in [6.45, 7) is 4.98. The van der Waals surface area contributed by atoms with Crippen molar-refractivity contribution in [1.29, 1.82) is 0 Å². The summed E-state index contributed by atoms with van der Waals surface area (Å²) >= 11 is 0. The predicted molar refractivity (Wildman–Crippen MR) is 91.1 cm³/mol. The average molecular weight is 300 g/mol. The molecule has 1 fully saturated rings. The number of anilines is 1. The van der Waals surface area contributed by atoms with Crippen molar-refractivity contribution < 1.29 is 4.79 Å². The largest absolute Gasteiger partial charge is 0.359 e. The molecule has 0 unspecified atom stereocenters. The molecule has 0 bridgehead atoms. The van der Waals surface area contributed by atoms with Gasteiger partial charge in [0.05, 0.1) is 6.54 Å². The fourth-order valence-electron chi connectivity index (χ4n) is 3.94. The Labute approximate surface area is 134 Å². The van der Waals surface area contributed by atoms with E-state index in [9.17, 15) is 4.79 Å². The van der Waals surface area contributed by atoms with E-state index in [4.69, 9.17) is 0 Å². The Bertz CT molecular complexity index is 528. The Hall–Kier alpha value is -1.51. The Balaban J connectivity index is 1.66. The summed E-state index contributed by atoms with van der Waals surface area (Å²) < 4.78 is 0. The molecule has 0 aromatic heterocycles. The average Bonchev–Trinajstić information content (AvgIpc) is 2.52. The maximum absolute atomic E-state index is 12.5. The van der Waals surface area contributed by atoms with Gasteiger partial charge in [0.2, 0.25) is 5.91 Å². The molecule has 2 aliphatic rings. The van der Waals surface area contributed by atoms with Crippen LogP contribution in [-0.2, 0) is 11.2 Å². The lowest BCUT2D eigenvalue weighted by atomic mass is 9.86. The third kappa shape index (κ3) is 3.29. The van der Waals surface area contributed by atoms with Gasteiger partial charge in [-0.3, -0.25) is 4.79 Å². The number of rotatable bonds is 3. The molecule has 0 spiro atoms. The van der Waals surface area contributed by atoms with Gasteiger partial charge >= 0.3 is 0 Å². The Kier molecular flexibility index (Phi) is 4.70. The number of hydrogen-bond acceptors (Lipinski definition) is 2. The lowest BCUT2D eigenvalue weighted by Gasteiger charge is -2.37. The molecule has 1 N–H and O–H groups in total. The van der Waals surface area contributed by atoms with E-state index in [0.717, 1.165) is 19.3 Å². The van der Waals surface area contributed by atoms with Crippen LogP contribution in [0.3, 0.4) is 0 Å². The molecule has 1 aliphatic carbocycles. The van der Waals surface area contributed by atoms with E-state index < -0.39 is 0 Å². The van der Waals surface area contributed by atoms with E-state index in [0.29, 0.717) is 24.5 Å². The zero-order valence-electron chi connectivity index (χ0n) is 13.8. The first-order valence-corrected chi connectivity index (χ1v) is 8.79. The molecule has 120 valence electrons. The summed E-state index contributed by atoms with van der Waals surface area (Å²) in [5.74, 6) is 0.797. The summed E-state index contributed by atoms with van der Waals surface area (Å²) in [6.07, 6.45) is 7.19. The van der Waals surface area contributed by atoms with Crippen LogP contribution in [-0.4, -0.2) is 24.5 Å². The molecular formula is C19H28N2O. The molecule has 3 rings (SSSR count). The summed E-state index contributed by atoms with van der Waals surface area (Å²) in [7, 11) is 0. The van der Waals surface area contributed by atoms with Crippen molar-refractivity contribution in [3.8, 4) is 0 Å². The van der Waals surface area contributed by atoms with Crippen molar-refractivity contribution in [1.82, 2.24) is 5.32 Å². The van der Waals surface area contributed by atoms with Gasteiger partial charge in [0, 0.05) is 17.8 Å². The molecule has 1 heterocycles. The van der Waals surface area contributed by atoms with Crippen molar-refractivity contribution in [3.63, 3.8) is 0 Å². The van der Waals surface area contributed by atoms with Crippen LogP contribution in [0.25, 0.3) is 0 Å². The monoisotopic (exact) mass is 300 g/mol. The molecule has 3 nitrogen and oxygen atoms in total. The number of hydrogen-bond donors (Lipinski definition) is 1. The van der Waals surface area contributed by atoms with Crippen LogP contribution in [0.2, 0.25) is 0 Å². The quantitative estimate of drug-likeness (QED) is 0.926. The number of nitrogens with one attached hydrogen (secondary N) is 1. The molecule has 1 aromatic rings. The van der Waals surface area contributed by atoms with Gasteiger partial charge in [-0.15, -0.1) is 0 Å². The molecule has 1 aliphatic heterocycles. The van der Waals surface area contributed by atoms with Gasteiger partial charge in [-0.1, -0.05) is 38.0 Å². The first kappa shape index (κ1) is 15.4.